The van der Waals surface area contributed by atoms with Crippen LogP contribution in [-0.2, 0) is 0 Å². The molecule has 0 bridgehead atoms. The summed E-state index contributed by atoms with van der Waals surface area (Å²) in [5.41, 5.74) is 0.455. The van der Waals surface area contributed by atoms with Crippen molar-refractivity contribution in [1.29, 1.82) is 0 Å². The Hall–Kier alpha value is -1.21. The Morgan fingerprint density at radius 1 is 1.27 bits per heavy atom. The second-order valence-corrected chi connectivity index (χ2v) is 2.94. The fraction of sp³-hybridized carbons (Fsp3) is 0.250. The molecule has 0 aromatic heterocycles. The molecule has 0 aliphatic heterocycles. The average molecular weight is 220 g/mol. The third kappa shape index (κ3) is 3.45. The molecule has 15 heavy (non-hydrogen) atoms. The van der Waals surface area contributed by atoms with E-state index in [1.54, 1.807) is 6.92 Å². The number of halogens is 3. The van der Waals surface area contributed by atoms with Gasteiger partial charge < -0.3 is 14.8 Å². The Labute approximate surface area is 84.3 Å². The molecule has 0 unspecified atom stereocenters. The predicted octanol–water partition coefficient (Wildman–Crippen LogP) is 0.573. The SMILES string of the molecule is Cc1ccc(OC(F)(F)F)cc1B(O)O. The van der Waals surface area contributed by atoms with E-state index in [9.17, 15) is 13.2 Å². The molecule has 3 nitrogen and oxygen atoms in total. The van der Waals surface area contributed by atoms with Crippen molar-refractivity contribution >= 4 is 12.6 Å². The Balaban J connectivity index is 2.98. The van der Waals surface area contributed by atoms with Crippen molar-refractivity contribution in [3.8, 4) is 5.75 Å². The van der Waals surface area contributed by atoms with Crippen molar-refractivity contribution in [3.05, 3.63) is 23.8 Å². The van der Waals surface area contributed by atoms with Gasteiger partial charge in [-0.05, 0) is 24.5 Å². The van der Waals surface area contributed by atoms with Gasteiger partial charge in [0.25, 0.3) is 0 Å². The number of benzene rings is 1. The van der Waals surface area contributed by atoms with Gasteiger partial charge in [-0.25, -0.2) is 0 Å². The molecule has 7 heteroatoms. The van der Waals surface area contributed by atoms with Crippen molar-refractivity contribution in [2.75, 3.05) is 0 Å². The summed E-state index contributed by atoms with van der Waals surface area (Å²) >= 11 is 0. The first-order valence-corrected chi connectivity index (χ1v) is 4.02. The number of aryl methyl sites for hydroxylation is 1. The third-order valence-electron chi connectivity index (χ3n) is 1.76. The summed E-state index contributed by atoms with van der Waals surface area (Å²) < 4.78 is 39.1. The van der Waals surface area contributed by atoms with Crippen LogP contribution in [0.25, 0.3) is 0 Å². The molecule has 0 heterocycles. The summed E-state index contributed by atoms with van der Waals surface area (Å²) in [6.07, 6.45) is -4.78. The van der Waals surface area contributed by atoms with Gasteiger partial charge in [0, 0.05) is 0 Å². The highest BCUT2D eigenvalue weighted by Crippen LogP contribution is 2.21. The van der Waals surface area contributed by atoms with E-state index in [0.29, 0.717) is 5.56 Å². The van der Waals surface area contributed by atoms with Crippen LogP contribution >= 0.6 is 0 Å². The average Bonchev–Trinajstić information content (AvgIpc) is 2.05. The molecule has 0 amide bonds. The van der Waals surface area contributed by atoms with E-state index >= 15 is 0 Å². The fourth-order valence-electron chi connectivity index (χ4n) is 1.09. The molecular weight excluding hydrogens is 212 g/mol. The Morgan fingerprint density at radius 3 is 2.33 bits per heavy atom. The van der Waals surface area contributed by atoms with Crippen LogP contribution in [0.4, 0.5) is 13.2 Å². The molecule has 0 saturated heterocycles. The van der Waals surface area contributed by atoms with Gasteiger partial charge in [0.1, 0.15) is 5.75 Å². The molecule has 1 aromatic carbocycles. The monoisotopic (exact) mass is 220 g/mol. The third-order valence-corrected chi connectivity index (χ3v) is 1.76. The molecule has 0 saturated carbocycles. The minimum absolute atomic E-state index is 0.0169. The second-order valence-electron chi connectivity index (χ2n) is 2.94. The van der Waals surface area contributed by atoms with Crippen LogP contribution < -0.4 is 10.2 Å². The molecule has 1 rings (SSSR count). The largest absolute Gasteiger partial charge is 0.573 e. The first-order valence-electron chi connectivity index (χ1n) is 4.02. The van der Waals surface area contributed by atoms with Crippen molar-refractivity contribution < 1.29 is 28.0 Å². The first kappa shape index (κ1) is 11.9. The van der Waals surface area contributed by atoms with Crippen molar-refractivity contribution in [3.63, 3.8) is 0 Å². The van der Waals surface area contributed by atoms with E-state index < -0.39 is 19.2 Å². The standard InChI is InChI=1S/C8H8BF3O3/c1-5-2-3-6(15-8(10,11)12)4-7(5)9(13)14/h2-4,13-14H,1H3. The maximum atomic E-state index is 11.8. The maximum absolute atomic E-state index is 11.8. The highest BCUT2D eigenvalue weighted by molar-refractivity contribution is 6.59. The summed E-state index contributed by atoms with van der Waals surface area (Å²) in [6, 6.07) is 3.36. The molecule has 0 fully saturated rings. The lowest BCUT2D eigenvalue weighted by Gasteiger charge is -2.11. The van der Waals surface area contributed by atoms with E-state index in [2.05, 4.69) is 4.74 Å². The first-order chi connectivity index (χ1) is 6.79. The highest BCUT2D eigenvalue weighted by Gasteiger charge is 2.31. The summed E-state index contributed by atoms with van der Waals surface area (Å²) in [6.45, 7) is 1.55. The van der Waals surface area contributed by atoms with Gasteiger partial charge in [-0.15, -0.1) is 13.2 Å². The molecule has 0 atom stereocenters. The van der Waals surface area contributed by atoms with Gasteiger partial charge >= 0.3 is 13.5 Å². The van der Waals surface area contributed by atoms with Crippen molar-refractivity contribution in [2.24, 2.45) is 0 Å². The number of hydrogen-bond donors (Lipinski definition) is 2. The topological polar surface area (TPSA) is 49.7 Å². The van der Waals surface area contributed by atoms with Crippen LogP contribution in [0.1, 0.15) is 5.56 Å². The predicted molar refractivity (Wildman–Crippen MR) is 47.7 cm³/mol. The highest BCUT2D eigenvalue weighted by atomic mass is 19.4. The molecule has 0 aliphatic carbocycles. The van der Waals surface area contributed by atoms with E-state index in [1.165, 1.54) is 6.07 Å². The van der Waals surface area contributed by atoms with Gasteiger partial charge in [-0.1, -0.05) is 11.6 Å². The Morgan fingerprint density at radius 2 is 1.87 bits per heavy atom. The van der Waals surface area contributed by atoms with Gasteiger partial charge in [-0.3, -0.25) is 0 Å². The summed E-state index contributed by atoms with van der Waals surface area (Å²) in [4.78, 5) is 0. The lowest BCUT2D eigenvalue weighted by Crippen LogP contribution is -2.32. The zero-order valence-electron chi connectivity index (χ0n) is 7.75. The van der Waals surface area contributed by atoms with E-state index in [-0.39, 0.29) is 5.46 Å². The van der Waals surface area contributed by atoms with Crippen molar-refractivity contribution in [1.82, 2.24) is 0 Å². The Kier molecular flexibility index (Phi) is 3.26. The summed E-state index contributed by atoms with van der Waals surface area (Å²) in [7, 11) is -1.82. The number of alkyl halides is 3. The van der Waals surface area contributed by atoms with Gasteiger partial charge in [0.2, 0.25) is 0 Å². The number of rotatable bonds is 2. The van der Waals surface area contributed by atoms with Crippen LogP contribution in [0.2, 0.25) is 0 Å². The van der Waals surface area contributed by atoms with Crippen LogP contribution in [0.5, 0.6) is 5.75 Å². The minimum atomic E-state index is -4.78. The van der Waals surface area contributed by atoms with Crippen LogP contribution in [-0.4, -0.2) is 23.5 Å². The van der Waals surface area contributed by atoms with Gasteiger partial charge in [0.05, 0.1) is 0 Å². The van der Waals surface area contributed by atoms with E-state index in [0.717, 1.165) is 12.1 Å². The minimum Gasteiger partial charge on any atom is -0.423 e. The second kappa shape index (κ2) is 4.12. The summed E-state index contributed by atoms with van der Waals surface area (Å²) in [5, 5.41) is 17.7. The normalized spacial score (nSPS) is 11.3. The van der Waals surface area contributed by atoms with E-state index in [4.69, 9.17) is 10.0 Å². The lowest BCUT2D eigenvalue weighted by atomic mass is 9.77. The van der Waals surface area contributed by atoms with Gasteiger partial charge in [0.15, 0.2) is 0 Å². The van der Waals surface area contributed by atoms with Crippen LogP contribution in [0.3, 0.4) is 0 Å². The lowest BCUT2D eigenvalue weighted by molar-refractivity contribution is -0.274. The number of ether oxygens (including phenoxy) is 1. The van der Waals surface area contributed by atoms with Crippen LogP contribution in [0, 0.1) is 6.92 Å². The maximum Gasteiger partial charge on any atom is 0.573 e. The molecule has 82 valence electrons. The molecule has 2 N–H and O–H groups in total. The Bertz CT molecular complexity index is 351. The van der Waals surface area contributed by atoms with Crippen LogP contribution in [0.15, 0.2) is 18.2 Å². The zero-order chi connectivity index (χ0) is 11.6. The number of hydrogen-bond acceptors (Lipinski definition) is 3. The molecule has 0 radical (unpaired) electrons. The van der Waals surface area contributed by atoms with Crippen molar-refractivity contribution in [2.45, 2.75) is 13.3 Å². The molecule has 0 aliphatic rings. The molecular formula is C8H8BF3O3. The quantitative estimate of drug-likeness (QED) is 0.716. The van der Waals surface area contributed by atoms with Gasteiger partial charge in [-0.2, -0.15) is 0 Å². The molecule has 0 spiro atoms. The summed E-state index contributed by atoms with van der Waals surface area (Å²) in [5.74, 6) is -0.476. The molecule has 1 aromatic rings. The van der Waals surface area contributed by atoms with E-state index in [1.807, 2.05) is 0 Å². The fourth-order valence-corrected chi connectivity index (χ4v) is 1.09. The smallest absolute Gasteiger partial charge is 0.423 e. The zero-order valence-corrected chi connectivity index (χ0v) is 7.75.